The lowest BCUT2D eigenvalue weighted by molar-refractivity contribution is 0.0934. The summed E-state index contributed by atoms with van der Waals surface area (Å²) < 4.78 is 19.2. The molecule has 1 amide bonds. The van der Waals surface area contributed by atoms with Gasteiger partial charge in [0.1, 0.15) is 11.4 Å². The van der Waals surface area contributed by atoms with E-state index in [9.17, 15) is 9.18 Å². The Kier molecular flexibility index (Phi) is 5.26. The van der Waals surface area contributed by atoms with Crippen LogP contribution in [0.25, 0.3) is 11.4 Å². The van der Waals surface area contributed by atoms with Crippen molar-refractivity contribution in [1.29, 1.82) is 0 Å². The summed E-state index contributed by atoms with van der Waals surface area (Å²) in [5, 5.41) is 9.63. The fourth-order valence-corrected chi connectivity index (χ4v) is 2.50. The Morgan fingerprint density at radius 3 is 2.81 bits per heavy atom. The molecular weight excluding hydrogens is 335 g/mol. The van der Waals surface area contributed by atoms with E-state index in [1.54, 1.807) is 44.3 Å². The minimum absolute atomic E-state index is 0.198. The summed E-state index contributed by atoms with van der Waals surface area (Å²) in [6.45, 7) is 3.96. The molecule has 134 valence electrons. The molecule has 0 aliphatic carbocycles. The number of aromatic nitrogens is 3. The monoisotopic (exact) mass is 354 g/mol. The van der Waals surface area contributed by atoms with Crippen molar-refractivity contribution in [2.75, 3.05) is 6.61 Å². The molecule has 0 saturated carbocycles. The lowest BCUT2D eigenvalue weighted by atomic mass is 10.1. The number of amides is 1. The van der Waals surface area contributed by atoms with E-state index in [0.29, 0.717) is 29.3 Å². The van der Waals surface area contributed by atoms with E-state index in [1.807, 2.05) is 12.1 Å². The highest BCUT2D eigenvalue weighted by molar-refractivity contribution is 5.93. The molecule has 7 heteroatoms. The van der Waals surface area contributed by atoms with E-state index >= 15 is 0 Å². The highest BCUT2D eigenvalue weighted by atomic mass is 19.1. The zero-order chi connectivity index (χ0) is 18.5. The second-order valence-corrected chi connectivity index (χ2v) is 5.70. The quantitative estimate of drug-likeness (QED) is 0.710. The fraction of sp³-hybridized carbons (Fsp3) is 0.211. The second-order valence-electron chi connectivity index (χ2n) is 5.70. The molecule has 1 aromatic carbocycles. The predicted molar refractivity (Wildman–Crippen MR) is 95.3 cm³/mol. The van der Waals surface area contributed by atoms with Gasteiger partial charge >= 0.3 is 0 Å². The van der Waals surface area contributed by atoms with Gasteiger partial charge < -0.3 is 10.1 Å². The van der Waals surface area contributed by atoms with Crippen LogP contribution in [0.5, 0.6) is 5.75 Å². The van der Waals surface area contributed by atoms with Crippen molar-refractivity contribution in [2.24, 2.45) is 0 Å². The first-order chi connectivity index (χ1) is 12.6. The summed E-state index contributed by atoms with van der Waals surface area (Å²) in [6.07, 6.45) is 1.66. The number of aromatic amines is 1. The summed E-state index contributed by atoms with van der Waals surface area (Å²) in [7, 11) is 0. The van der Waals surface area contributed by atoms with Gasteiger partial charge in [0.25, 0.3) is 5.91 Å². The van der Waals surface area contributed by atoms with E-state index in [0.717, 1.165) is 0 Å². The molecule has 0 radical (unpaired) electrons. The molecule has 0 aliphatic heterocycles. The van der Waals surface area contributed by atoms with Crippen LogP contribution >= 0.6 is 0 Å². The number of hydrogen-bond acceptors (Lipinski definition) is 4. The third-order valence-corrected chi connectivity index (χ3v) is 3.85. The number of carbonyl (C=O) groups excluding carboxylic acids is 1. The third-order valence-electron chi connectivity index (χ3n) is 3.85. The summed E-state index contributed by atoms with van der Waals surface area (Å²) in [4.78, 5) is 16.6. The van der Waals surface area contributed by atoms with Gasteiger partial charge in [-0.2, -0.15) is 5.10 Å². The van der Waals surface area contributed by atoms with Gasteiger partial charge in [-0.25, -0.2) is 4.39 Å². The molecule has 2 aromatic heterocycles. The van der Waals surface area contributed by atoms with E-state index in [-0.39, 0.29) is 17.7 Å². The van der Waals surface area contributed by atoms with Gasteiger partial charge in [0.15, 0.2) is 11.6 Å². The van der Waals surface area contributed by atoms with Crippen LogP contribution in [0.4, 0.5) is 4.39 Å². The Hall–Kier alpha value is -3.22. The largest absolute Gasteiger partial charge is 0.491 e. The summed E-state index contributed by atoms with van der Waals surface area (Å²) in [6, 6.07) is 11.4. The maximum absolute atomic E-state index is 14.0. The second kappa shape index (κ2) is 7.77. The molecule has 0 aliphatic rings. The highest BCUT2D eigenvalue weighted by Crippen LogP contribution is 2.22. The first-order valence-electron chi connectivity index (χ1n) is 8.28. The Balaban J connectivity index is 1.70. The average molecular weight is 354 g/mol. The zero-order valence-electron chi connectivity index (χ0n) is 14.5. The average Bonchev–Trinajstić information content (AvgIpc) is 3.14. The van der Waals surface area contributed by atoms with Crippen LogP contribution in [0.1, 0.15) is 35.9 Å². The smallest absolute Gasteiger partial charge is 0.269 e. The zero-order valence-corrected chi connectivity index (χ0v) is 14.5. The van der Waals surface area contributed by atoms with E-state index in [2.05, 4.69) is 20.5 Å². The maximum Gasteiger partial charge on any atom is 0.269 e. The molecule has 26 heavy (non-hydrogen) atoms. The molecule has 2 N–H and O–H groups in total. The van der Waals surface area contributed by atoms with Gasteiger partial charge in [0, 0.05) is 6.20 Å². The first-order valence-corrected chi connectivity index (χ1v) is 8.28. The van der Waals surface area contributed by atoms with Crippen molar-refractivity contribution >= 4 is 5.91 Å². The number of H-pyrrole nitrogens is 1. The number of hydrogen-bond donors (Lipinski definition) is 2. The number of nitrogens with zero attached hydrogens (tertiary/aromatic N) is 2. The molecule has 0 saturated heterocycles. The van der Waals surface area contributed by atoms with Gasteiger partial charge in [-0.15, -0.1) is 0 Å². The number of halogens is 1. The lowest BCUT2D eigenvalue weighted by Gasteiger charge is -2.15. The van der Waals surface area contributed by atoms with E-state index in [1.165, 1.54) is 6.07 Å². The van der Waals surface area contributed by atoms with Crippen LogP contribution in [0.15, 0.2) is 48.7 Å². The van der Waals surface area contributed by atoms with Crippen LogP contribution in [-0.2, 0) is 0 Å². The highest BCUT2D eigenvalue weighted by Gasteiger charge is 2.16. The molecule has 0 fully saturated rings. The number of rotatable bonds is 6. The number of pyridine rings is 1. The van der Waals surface area contributed by atoms with Gasteiger partial charge in [-0.05, 0) is 49.7 Å². The Labute approximate surface area is 150 Å². The molecular formula is C19H19FN4O2. The van der Waals surface area contributed by atoms with Crippen LogP contribution in [0.3, 0.4) is 0 Å². The maximum atomic E-state index is 14.0. The minimum atomic E-state index is -0.454. The van der Waals surface area contributed by atoms with E-state index in [4.69, 9.17) is 4.74 Å². The third kappa shape index (κ3) is 3.88. The fourth-order valence-electron chi connectivity index (χ4n) is 2.50. The van der Waals surface area contributed by atoms with Crippen LogP contribution in [0.2, 0.25) is 0 Å². The van der Waals surface area contributed by atoms with Crippen LogP contribution < -0.4 is 10.1 Å². The summed E-state index contributed by atoms with van der Waals surface area (Å²) >= 11 is 0. The van der Waals surface area contributed by atoms with Crippen molar-refractivity contribution in [3.05, 3.63) is 65.7 Å². The Morgan fingerprint density at radius 2 is 2.12 bits per heavy atom. The normalized spacial score (nSPS) is 11.8. The van der Waals surface area contributed by atoms with E-state index < -0.39 is 5.82 Å². The topological polar surface area (TPSA) is 79.9 Å². The molecule has 6 nitrogen and oxygen atoms in total. The predicted octanol–water partition coefficient (Wildman–Crippen LogP) is 3.50. The van der Waals surface area contributed by atoms with Crippen LogP contribution in [0, 0.1) is 5.82 Å². The van der Waals surface area contributed by atoms with Gasteiger partial charge in [-0.3, -0.25) is 14.9 Å². The molecule has 1 atom stereocenters. The first kappa shape index (κ1) is 17.6. The van der Waals surface area contributed by atoms with Crippen molar-refractivity contribution in [2.45, 2.75) is 19.9 Å². The standard InChI is InChI=1S/C19H19FN4O2/c1-3-26-18-8-7-13(10-14(18)20)12(2)22-19(25)17-11-16(23-24-17)15-6-4-5-9-21-15/h4-12H,3H2,1-2H3,(H,22,25)(H,23,24)/t12-/m0/s1. The summed E-state index contributed by atoms with van der Waals surface area (Å²) in [5.41, 5.74) is 2.20. The number of ether oxygens (including phenoxy) is 1. The molecule has 3 aromatic rings. The molecule has 2 heterocycles. The Morgan fingerprint density at radius 1 is 1.27 bits per heavy atom. The SMILES string of the molecule is CCOc1ccc([C@H](C)NC(=O)c2cc(-c3ccccn3)n[nH]2)cc1F. The minimum Gasteiger partial charge on any atom is -0.491 e. The molecule has 0 spiro atoms. The number of nitrogens with one attached hydrogen (secondary N) is 2. The Bertz CT molecular complexity index is 896. The molecule has 3 rings (SSSR count). The number of carbonyl (C=O) groups is 1. The summed E-state index contributed by atoms with van der Waals surface area (Å²) in [5.74, 6) is -0.589. The van der Waals surface area contributed by atoms with Crippen molar-refractivity contribution in [1.82, 2.24) is 20.5 Å². The number of benzene rings is 1. The van der Waals surface area contributed by atoms with Gasteiger partial charge in [0.2, 0.25) is 0 Å². The van der Waals surface area contributed by atoms with Gasteiger partial charge in [0.05, 0.1) is 18.3 Å². The van der Waals surface area contributed by atoms with Crippen molar-refractivity contribution in [3.63, 3.8) is 0 Å². The van der Waals surface area contributed by atoms with Crippen molar-refractivity contribution in [3.8, 4) is 17.1 Å². The van der Waals surface area contributed by atoms with Gasteiger partial charge in [-0.1, -0.05) is 12.1 Å². The van der Waals surface area contributed by atoms with Crippen molar-refractivity contribution < 1.29 is 13.9 Å². The molecule has 0 bridgehead atoms. The lowest BCUT2D eigenvalue weighted by Crippen LogP contribution is -2.27. The van der Waals surface area contributed by atoms with Crippen LogP contribution in [-0.4, -0.2) is 27.7 Å². The molecule has 0 unspecified atom stereocenters.